The Hall–Kier alpha value is -0.610. The normalized spacial score (nSPS) is 25.0. The SMILES string of the molecule is COCCC1(CNC(=O)CCC2CCCNC2)CC1. The van der Waals surface area contributed by atoms with E-state index >= 15 is 0 Å². The van der Waals surface area contributed by atoms with Crippen molar-refractivity contribution in [3.63, 3.8) is 0 Å². The molecule has 0 aromatic carbocycles. The first-order valence-electron chi connectivity index (χ1n) is 7.70. The second-order valence-corrected chi connectivity index (χ2v) is 6.27. The van der Waals surface area contributed by atoms with E-state index in [1.54, 1.807) is 7.11 Å². The molecule has 110 valence electrons. The van der Waals surface area contributed by atoms with Gasteiger partial charge in [-0.2, -0.15) is 0 Å². The molecule has 4 heteroatoms. The van der Waals surface area contributed by atoms with Gasteiger partial charge in [-0.1, -0.05) is 0 Å². The predicted molar refractivity (Wildman–Crippen MR) is 76.0 cm³/mol. The van der Waals surface area contributed by atoms with Gasteiger partial charge in [-0.15, -0.1) is 0 Å². The lowest BCUT2D eigenvalue weighted by Gasteiger charge is -2.22. The maximum absolute atomic E-state index is 11.9. The fourth-order valence-corrected chi connectivity index (χ4v) is 2.89. The number of piperidine rings is 1. The molecule has 1 saturated carbocycles. The minimum Gasteiger partial charge on any atom is -0.385 e. The van der Waals surface area contributed by atoms with Crippen LogP contribution < -0.4 is 10.6 Å². The van der Waals surface area contributed by atoms with Gasteiger partial charge in [0.2, 0.25) is 5.91 Å². The second-order valence-electron chi connectivity index (χ2n) is 6.27. The van der Waals surface area contributed by atoms with Gasteiger partial charge in [0.25, 0.3) is 0 Å². The highest BCUT2D eigenvalue weighted by molar-refractivity contribution is 5.75. The number of nitrogens with one attached hydrogen (secondary N) is 2. The standard InChI is InChI=1S/C15H28N2O2/c1-19-10-8-15(6-7-15)12-17-14(18)5-4-13-3-2-9-16-11-13/h13,16H,2-12H2,1H3,(H,17,18). The Balaban J connectivity index is 1.56. The molecule has 1 aliphatic heterocycles. The van der Waals surface area contributed by atoms with Crippen LogP contribution >= 0.6 is 0 Å². The number of methoxy groups -OCH3 is 1. The summed E-state index contributed by atoms with van der Waals surface area (Å²) < 4.78 is 5.13. The second kappa shape index (κ2) is 7.25. The van der Waals surface area contributed by atoms with Crippen LogP contribution in [0.15, 0.2) is 0 Å². The first-order chi connectivity index (χ1) is 9.24. The highest BCUT2D eigenvalue weighted by atomic mass is 16.5. The summed E-state index contributed by atoms with van der Waals surface area (Å²) in [6, 6.07) is 0. The monoisotopic (exact) mass is 268 g/mol. The lowest BCUT2D eigenvalue weighted by Crippen LogP contribution is -2.33. The van der Waals surface area contributed by atoms with Crippen molar-refractivity contribution in [2.24, 2.45) is 11.3 Å². The number of carbonyl (C=O) groups is 1. The third-order valence-electron chi connectivity index (χ3n) is 4.63. The van der Waals surface area contributed by atoms with Crippen LogP contribution in [-0.2, 0) is 9.53 Å². The Morgan fingerprint density at radius 3 is 2.95 bits per heavy atom. The zero-order valence-electron chi connectivity index (χ0n) is 12.2. The molecule has 1 heterocycles. The molecule has 4 nitrogen and oxygen atoms in total. The van der Waals surface area contributed by atoms with Crippen LogP contribution in [0, 0.1) is 11.3 Å². The topological polar surface area (TPSA) is 50.4 Å². The van der Waals surface area contributed by atoms with Crippen LogP contribution in [0.25, 0.3) is 0 Å². The molecule has 1 atom stereocenters. The van der Waals surface area contributed by atoms with Crippen molar-refractivity contribution in [3.8, 4) is 0 Å². The lowest BCUT2D eigenvalue weighted by molar-refractivity contribution is -0.121. The largest absolute Gasteiger partial charge is 0.385 e. The summed E-state index contributed by atoms with van der Waals surface area (Å²) in [5.74, 6) is 0.928. The zero-order chi connectivity index (χ0) is 13.6. The molecule has 1 saturated heterocycles. The van der Waals surface area contributed by atoms with E-state index in [1.165, 1.54) is 25.7 Å². The molecular formula is C15H28N2O2. The molecule has 2 N–H and O–H groups in total. The van der Waals surface area contributed by atoms with Gasteiger partial charge in [-0.3, -0.25) is 4.79 Å². The van der Waals surface area contributed by atoms with E-state index in [9.17, 15) is 4.79 Å². The average molecular weight is 268 g/mol. The summed E-state index contributed by atoms with van der Waals surface area (Å²) in [6.07, 6.45) is 7.81. The number of carbonyl (C=O) groups excluding carboxylic acids is 1. The van der Waals surface area contributed by atoms with Gasteiger partial charge in [0.1, 0.15) is 0 Å². The molecule has 1 amide bonds. The molecule has 0 radical (unpaired) electrons. The quantitative estimate of drug-likeness (QED) is 0.704. The molecule has 2 fully saturated rings. The van der Waals surface area contributed by atoms with Crippen molar-refractivity contribution in [2.45, 2.75) is 44.9 Å². The number of hydrogen-bond donors (Lipinski definition) is 2. The van der Waals surface area contributed by atoms with E-state index in [4.69, 9.17) is 4.74 Å². The Morgan fingerprint density at radius 1 is 1.47 bits per heavy atom. The number of ether oxygens (including phenoxy) is 1. The fraction of sp³-hybridized carbons (Fsp3) is 0.933. The van der Waals surface area contributed by atoms with Crippen molar-refractivity contribution < 1.29 is 9.53 Å². The first kappa shape index (κ1) is 14.8. The summed E-state index contributed by atoms with van der Waals surface area (Å²) >= 11 is 0. The van der Waals surface area contributed by atoms with Gasteiger partial charge in [0.05, 0.1) is 0 Å². The van der Waals surface area contributed by atoms with Gasteiger partial charge in [0.15, 0.2) is 0 Å². The molecule has 0 aromatic rings. The van der Waals surface area contributed by atoms with Crippen molar-refractivity contribution in [1.29, 1.82) is 0 Å². The highest BCUT2D eigenvalue weighted by Crippen LogP contribution is 2.48. The molecule has 2 aliphatic rings. The molecular weight excluding hydrogens is 240 g/mol. The lowest BCUT2D eigenvalue weighted by atomic mass is 9.94. The molecule has 1 unspecified atom stereocenters. The van der Waals surface area contributed by atoms with E-state index in [-0.39, 0.29) is 5.91 Å². The summed E-state index contributed by atoms with van der Waals surface area (Å²) in [5.41, 5.74) is 0.359. The maximum Gasteiger partial charge on any atom is 0.220 e. The highest BCUT2D eigenvalue weighted by Gasteiger charge is 2.41. The van der Waals surface area contributed by atoms with Gasteiger partial charge < -0.3 is 15.4 Å². The molecule has 1 aliphatic carbocycles. The van der Waals surface area contributed by atoms with Gasteiger partial charge in [0, 0.05) is 26.7 Å². The van der Waals surface area contributed by atoms with Crippen LogP contribution in [0.1, 0.15) is 44.9 Å². The first-order valence-corrected chi connectivity index (χ1v) is 7.70. The third kappa shape index (κ3) is 5.11. The van der Waals surface area contributed by atoms with Crippen molar-refractivity contribution in [3.05, 3.63) is 0 Å². The van der Waals surface area contributed by atoms with E-state index in [2.05, 4.69) is 10.6 Å². The molecule has 0 bridgehead atoms. The number of hydrogen-bond acceptors (Lipinski definition) is 3. The summed E-state index contributed by atoms with van der Waals surface area (Å²) in [5, 5.41) is 6.52. The average Bonchev–Trinajstić information content (AvgIpc) is 3.22. The van der Waals surface area contributed by atoms with Crippen LogP contribution in [0.2, 0.25) is 0 Å². The van der Waals surface area contributed by atoms with Gasteiger partial charge in [-0.25, -0.2) is 0 Å². The summed E-state index contributed by atoms with van der Waals surface area (Å²) in [7, 11) is 1.74. The van der Waals surface area contributed by atoms with Gasteiger partial charge in [-0.05, 0) is 62.9 Å². The number of rotatable bonds is 8. The van der Waals surface area contributed by atoms with Crippen LogP contribution in [-0.4, -0.2) is 39.3 Å². The summed E-state index contributed by atoms with van der Waals surface area (Å²) in [4.78, 5) is 11.9. The predicted octanol–water partition coefficient (Wildman–Crippen LogP) is 1.70. The molecule has 19 heavy (non-hydrogen) atoms. The van der Waals surface area contributed by atoms with Crippen molar-refractivity contribution in [2.75, 3.05) is 33.4 Å². The van der Waals surface area contributed by atoms with Gasteiger partial charge >= 0.3 is 0 Å². The smallest absolute Gasteiger partial charge is 0.220 e. The van der Waals surface area contributed by atoms with E-state index < -0.39 is 0 Å². The minimum absolute atomic E-state index is 0.231. The third-order valence-corrected chi connectivity index (χ3v) is 4.63. The Morgan fingerprint density at radius 2 is 2.32 bits per heavy atom. The Kier molecular flexibility index (Phi) is 5.64. The Labute approximate surface area is 116 Å². The van der Waals surface area contributed by atoms with Crippen LogP contribution in [0.3, 0.4) is 0 Å². The minimum atomic E-state index is 0.231. The Bertz CT molecular complexity index is 284. The molecule has 2 rings (SSSR count). The number of amides is 1. The summed E-state index contributed by atoms with van der Waals surface area (Å²) in [6.45, 7) is 3.89. The van der Waals surface area contributed by atoms with Crippen molar-refractivity contribution >= 4 is 5.91 Å². The van der Waals surface area contributed by atoms with E-state index in [0.717, 1.165) is 39.1 Å². The fourth-order valence-electron chi connectivity index (χ4n) is 2.89. The van der Waals surface area contributed by atoms with E-state index in [1.807, 2.05) is 0 Å². The maximum atomic E-state index is 11.9. The van der Waals surface area contributed by atoms with Crippen molar-refractivity contribution in [1.82, 2.24) is 10.6 Å². The van der Waals surface area contributed by atoms with Crippen LogP contribution in [0.4, 0.5) is 0 Å². The van der Waals surface area contributed by atoms with Crippen LogP contribution in [0.5, 0.6) is 0 Å². The zero-order valence-corrected chi connectivity index (χ0v) is 12.2. The molecule has 0 spiro atoms. The van der Waals surface area contributed by atoms with E-state index in [0.29, 0.717) is 17.8 Å². The molecule has 0 aromatic heterocycles.